The summed E-state index contributed by atoms with van der Waals surface area (Å²) < 4.78 is 18.4. The van der Waals surface area contributed by atoms with Crippen LogP contribution in [0.25, 0.3) is 11.3 Å². The lowest BCUT2D eigenvalue weighted by Gasteiger charge is -2.01. The molecule has 0 aliphatic carbocycles. The molecule has 0 aliphatic rings. The van der Waals surface area contributed by atoms with Gasteiger partial charge in [-0.3, -0.25) is 0 Å². The van der Waals surface area contributed by atoms with Crippen LogP contribution in [0.15, 0.2) is 22.7 Å². The van der Waals surface area contributed by atoms with E-state index in [1.54, 1.807) is 6.92 Å². The van der Waals surface area contributed by atoms with E-state index >= 15 is 0 Å². The van der Waals surface area contributed by atoms with E-state index in [9.17, 15) is 4.39 Å². The van der Waals surface area contributed by atoms with Crippen LogP contribution in [-0.2, 0) is 0 Å². The van der Waals surface area contributed by atoms with Crippen molar-refractivity contribution in [2.45, 2.75) is 6.92 Å². The molecule has 1 aromatic carbocycles. The molecule has 0 unspecified atom stereocenters. The van der Waals surface area contributed by atoms with Gasteiger partial charge < -0.3 is 4.42 Å². The van der Waals surface area contributed by atoms with E-state index in [1.807, 2.05) is 0 Å². The highest BCUT2D eigenvalue weighted by Gasteiger charge is 2.12. The first-order valence-corrected chi connectivity index (χ1v) is 4.91. The molecule has 1 heterocycles. The van der Waals surface area contributed by atoms with Gasteiger partial charge in [0.05, 0.1) is 16.2 Å². The Hall–Kier alpha value is -1.06. The van der Waals surface area contributed by atoms with Crippen LogP contribution < -0.4 is 0 Å². The van der Waals surface area contributed by atoms with Crippen molar-refractivity contribution < 1.29 is 8.81 Å². The van der Waals surface area contributed by atoms with Gasteiger partial charge in [-0.1, -0.05) is 23.2 Å². The number of aromatic nitrogens is 1. The van der Waals surface area contributed by atoms with Crippen LogP contribution in [-0.4, -0.2) is 4.98 Å². The van der Waals surface area contributed by atoms with Crippen molar-refractivity contribution in [2.75, 3.05) is 0 Å². The quantitative estimate of drug-likeness (QED) is 0.708. The van der Waals surface area contributed by atoms with Crippen LogP contribution in [0.2, 0.25) is 10.0 Å². The maximum atomic E-state index is 13.2. The number of hydrogen-bond acceptors (Lipinski definition) is 2. The summed E-state index contributed by atoms with van der Waals surface area (Å²) >= 11 is 11.5. The number of nitrogens with zero attached hydrogens (tertiary/aromatic N) is 1. The lowest BCUT2D eigenvalue weighted by Crippen LogP contribution is -1.82. The molecular weight excluding hydrogens is 240 g/mol. The summed E-state index contributed by atoms with van der Waals surface area (Å²) in [5.74, 6) is 0.384. The van der Waals surface area contributed by atoms with Crippen molar-refractivity contribution in [3.05, 3.63) is 40.1 Å². The second-order valence-corrected chi connectivity index (χ2v) is 3.80. The molecule has 0 aliphatic heterocycles. The van der Waals surface area contributed by atoms with Gasteiger partial charge in [-0.25, -0.2) is 9.37 Å². The summed E-state index contributed by atoms with van der Waals surface area (Å²) in [6.07, 6.45) is 1.49. The predicted octanol–water partition coefficient (Wildman–Crippen LogP) is 4.10. The largest absolute Gasteiger partial charge is 0.441 e. The SMILES string of the molecule is Cc1ncc(-c2cc(F)c(Cl)cc2Cl)o1. The topological polar surface area (TPSA) is 26.0 Å². The van der Waals surface area contributed by atoms with Crippen molar-refractivity contribution in [3.8, 4) is 11.3 Å². The molecular formula is C10H6Cl2FNO. The average molecular weight is 246 g/mol. The third-order valence-electron chi connectivity index (χ3n) is 1.90. The first kappa shape index (κ1) is 10.5. The fourth-order valence-corrected chi connectivity index (χ4v) is 1.67. The van der Waals surface area contributed by atoms with E-state index in [4.69, 9.17) is 27.6 Å². The molecule has 0 saturated carbocycles. The molecule has 15 heavy (non-hydrogen) atoms. The molecule has 0 saturated heterocycles. The summed E-state index contributed by atoms with van der Waals surface area (Å²) in [6, 6.07) is 2.57. The number of benzene rings is 1. The van der Waals surface area contributed by atoms with Crippen LogP contribution in [0.1, 0.15) is 5.89 Å². The molecule has 0 amide bonds. The maximum absolute atomic E-state index is 13.2. The van der Waals surface area contributed by atoms with Gasteiger partial charge in [0.1, 0.15) is 5.82 Å². The minimum atomic E-state index is -0.537. The van der Waals surface area contributed by atoms with Gasteiger partial charge in [-0.15, -0.1) is 0 Å². The summed E-state index contributed by atoms with van der Waals surface area (Å²) in [7, 11) is 0. The Bertz CT molecular complexity index is 510. The Labute approximate surface area is 95.6 Å². The van der Waals surface area contributed by atoms with Gasteiger partial charge in [-0.05, 0) is 12.1 Å². The standard InChI is InChI=1S/C10H6Cl2FNO/c1-5-14-4-10(15-5)6-2-9(13)8(12)3-7(6)11/h2-4H,1H3. The zero-order valence-corrected chi connectivity index (χ0v) is 9.23. The minimum Gasteiger partial charge on any atom is -0.441 e. The first-order valence-electron chi connectivity index (χ1n) is 4.15. The van der Waals surface area contributed by atoms with E-state index in [-0.39, 0.29) is 5.02 Å². The highest BCUT2D eigenvalue weighted by atomic mass is 35.5. The van der Waals surface area contributed by atoms with E-state index in [0.29, 0.717) is 22.2 Å². The highest BCUT2D eigenvalue weighted by molar-refractivity contribution is 6.36. The number of aryl methyl sites for hydroxylation is 1. The van der Waals surface area contributed by atoms with Crippen LogP contribution in [0.3, 0.4) is 0 Å². The van der Waals surface area contributed by atoms with Crippen molar-refractivity contribution >= 4 is 23.2 Å². The minimum absolute atomic E-state index is 0.0139. The fourth-order valence-electron chi connectivity index (χ4n) is 1.20. The smallest absolute Gasteiger partial charge is 0.191 e. The Morgan fingerprint density at radius 1 is 1.27 bits per heavy atom. The van der Waals surface area contributed by atoms with Crippen molar-refractivity contribution in [1.82, 2.24) is 4.98 Å². The molecule has 2 rings (SSSR count). The zero-order chi connectivity index (χ0) is 11.0. The molecule has 2 nitrogen and oxygen atoms in total. The second kappa shape index (κ2) is 3.83. The number of rotatable bonds is 1. The molecule has 1 aromatic heterocycles. The molecule has 5 heteroatoms. The van der Waals surface area contributed by atoms with E-state index in [0.717, 1.165) is 0 Å². The summed E-state index contributed by atoms with van der Waals surface area (Å²) in [5, 5.41) is 0.317. The Morgan fingerprint density at radius 3 is 2.60 bits per heavy atom. The predicted molar refractivity (Wildman–Crippen MR) is 56.7 cm³/mol. The Balaban J connectivity index is 2.58. The maximum Gasteiger partial charge on any atom is 0.191 e. The molecule has 0 radical (unpaired) electrons. The number of halogens is 3. The second-order valence-electron chi connectivity index (χ2n) is 2.99. The van der Waals surface area contributed by atoms with Gasteiger partial charge in [0.2, 0.25) is 0 Å². The van der Waals surface area contributed by atoms with Crippen molar-refractivity contribution in [2.24, 2.45) is 0 Å². The number of hydrogen-bond donors (Lipinski definition) is 0. The molecule has 0 atom stereocenters. The van der Waals surface area contributed by atoms with Gasteiger partial charge >= 0.3 is 0 Å². The van der Waals surface area contributed by atoms with E-state index in [2.05, 4.69) is 4.98 Å². The summed E-state index contributed by atoms with van der Waals surface area (Å²) in [4.78, 5) is 3.91. The highest BCUT2D eigenvalue weighted by Crippen LogP contribution is 2.32. The fraction of sp³-hybridized carbons (Fsp3) is 0.100. The zero-order valence-electron chi connectivity index (χ0n) is 7.72. The molecule has 0 fully saturated rings. The molecule has 0 N–H and O–H groups in total. The third kappa shape index (κ3) is 1.98. The van der Waals surface area contributed by atoms with E-state index < -0.39 is 5.82 Å². The molecule has 0 spiro atoms. The van der Waals surface area contributed by atoms with Crippen LogP contribution in [0.4, 0.5) is 4.39 Å². The van der Waals surface area contributed by atoms with Gasteiger partial charge in [0.25, 0.3) is 0 Å². The molecule has 0 bridgehead atoms. The van der Waals surface area contributed by atoms with Crippen LogP contribution in [0, 0.1) is 12.7 Å². The normalized spacial score (nSPS) is 10.7. The lowest BCUT2D eigenvalue weighted by molar-refractivity contribution is 0.533. The summed E-state index contributed by atoms with van der Waals surface area (Å²) in [6.45, 7) is 1.70. The van der Waals surface area contributed by atoms with Gasteiger partial charge in [0, 0.05) is 12.5 Å². The average Bonchev–Trinajstić information content (AvgIpc) is 2.58. The monoisotopic (exact) mass is 245 g/mol. The third-order valence-corrected chi connectivity index (χ3v) is 2.50. The lowest BCUT2D eigenvalue weighted by atomic mass is 10.2. The Morgan fingerprint density at radius 2 is 2.00 bits per heavy atom. The molecule has 78 valence electrons. The number of oxazole rings is 1. The van der Waals surface area contributed by atoms with Gasteiger partial charge in [0.15, 0.2) is 11.7 Å². The van der Waals surface area contributed by atoms with E-state index in [1.165, 1.54) is 18.3 Å². The van der Waals surface area contributed by atoms with Gasteiger partial charge in [-0.2, -0.15) is 0 Å². The van der Waals surface area contributed by atoms with Crippen molar-refractivity contribution in [3.63, 3.8) is 0 Å². The molecule has 2 aromatic rings. The van der Waals surface area contributed by atoms with Crippen molar-refractivity contribution in [1.29, 1.82) is 0 Å². The summed E-state index contributed by atoms with van der Waals surface area (Å²) in [5.41, 5.74) is 0.444. The first-order chi connectivity index (χ1) is 7.08. The van der Waals surface area contributed by atoms with Crippen LogP contribution in [0.5, 0.6) is 0 Å². The van der Waals surface area contributed by atoms with Crippen LogP contribution >= 0.6 is 23.2 Å². The Kier molecular flexibility index (Phi) is 2.67.